The number of nitrogens with two attached hydrogens (primary N) is 1. The summed E-state index contributed by atoms with van der Waals surface area (Å²) >= 11 is 5.49. The molecule has 8 heteroatoms. The predicted octanol–water partition coefficient (Wildman–Crippen LogP) is 1.92. The second kappa shape index (κ2) is 4.40. The molecule has 0 saturated heterocycles. The number of amides is 1. The van der Waals surface area contributed by atoms with E-state index >= 15 is 0 Å². The Morgan fingerprint density at radius 2 is 2.00 bits per heavy atom. The highest BCUT2D eigenvalue weighted by Crippen LogP contribution is 2.36. The van der Waals surface area contributed by atoms with Crippen molar-refractivity contribution in [1.82, 2.24) is 4.98 Å². The number of alkyl halides is 3. The monoisotopic (exact) mass is 267 g/mol. The molecule has 0 aliphatic heterocycles. The number of hydrogen-bond donors (Lipinski definition) is 1. The lowest BCUT2D eigenvalue weighted by Gasteiger charge is -2.19. The molecule has 0 aromatic carbocycles. The maximum atomic E-state index is 12.7. The van der Waals surface area contributed by atoms with Crippen molar-refractivity contribution < 1.29 is 18.0 Å². The summed E-state index contributed by atoms with van der Waals surface area (Å²) in [7, 11) is 2.87. The largest absolute Gasteiger partial charge is 0.417 e. The molecule has 0 aliphatic rings. The molecule has 0 atom stereocenters. The van der Waals surface area contributed by atoms with Gasteiger partial charge in [-0.25, -0.2) is 4.98 Å². The van der Waals surface area contributed by atoms with Crippen LogP contribution in [0.3, 0.4) is 0 Å². The molecular formula is C9H9ClF3N3O. The lowest BCUT2D eigenvalue weighted by molar-refractivity contribution is -0.137. The molecular weight excluding hydrogens is 259 g/mol. The standard InChI is InChI=1S/C9H9ClF3N3O/c1-16(2)8-6(7(14)17)4(9(11,12)13)3-5(10)15-8/h3H,1-2H3,(H2,14,17). The van der Waals surface area contributed by atoms with Crippen molar-refractivity contribution in [3.05, 3.63) is 22.3 Å². The minimum atomic E-state index is -4.72. The minimum Gasteiger partial charge on any atom is -0.365 e. The van der Waals surface area contributed by atoms with E-state index in [1.165, 1.54) is 19.0 Å². The molecule has 1 rings (SSSR count). The van der Waals surface area contributed by atoms with E-state index in [4.69, 9.17) is 17.3 Å². The topological polar surface area (TPSA) is 59.2 Å². The van der Waals surface area contributed by atoms with Crippen LogP contribution in [0.1, 0.15) is 15.9 Å². The van der Waals surface area contributed by atoms with Crippen LogP contribution in [0.15, 0.2) is 6.07 Å². The summed E-state index contributed by atoms with van der Waals surface area (Å²) in [4.78, 5) is 16.0. The number of halogens is 4. The van der Waals surface area contributed by atoms with Gasteiger partial charge in [0.25, 0.3) is 5.91 Å². The minimum absolute atomic E-state index is 0.211. The Morgan fingerprint density at radius 1 is 1.47 bits per heavy atom. The Morgan fingerprint density at radius 3 is 2.35 bits per heavy atom. The van der Waals surface area contributed by atoms with E-state index in [9.17, 15) is 18.0 Å². The van der Waals surface area contributed by atoms with E-state index in [0.717, 1.165) is 0 Å². The Bertz CT molecular complexity index is 460. The first kappa shape index (κ1) is 13.6. The molecule has 0 aliphatic carbocycles. The molecule has 0 unspecified atom stereocenters. The fourth-order valence-corrected chi connectivity index (χ4v) is 1.48. The third-order valence-electron chi connectivity index (χ3n) is 1.94. The summed E-state index contributed by atoms with van der Waals surface area (Å²) in [6.45, 7) is 0. The van der Waals surface area contributed by atoms with E-state index in [2.05, 4.69) is 4.98 Å². The Balaban J connectivity index is 3.64. The first-order valence-electron chi connectivity index (χ1n) is 4.39. The number of anilines is 1. The highest BCUT2D eigenvalue weighted by molar-refractivity contribution is 6.29. The molecule has 0 fully saturated rings. The number of primary amides is 1. The van der Waals surface area contributed by atoms with Crippen LogP contribution in [0.25, 0.3) is 0 Å². The number of pyridine rings is 1. The summed E-state index contributed by atoms with van der Waals surface area (Å²) < 4.78 is 38.2. The van der Waals surface area contributed by atoms with Crippen LogP contribution in [0.2, 0.25) is 5.15 Å². The van der Waals surface area contributed by atoms with Gasteiger partial charge in [0.2, 0.25) is 0 Å². The number of rotatable bonds is 2. The zero-order valence-electron chi connectivity index (χ0n) is 8.97. The van der Waals surface area contributed by atoms with Gasteiger partial charge in [-0.2, -0.15) is 13.2 Å². The van der Waals surface area contributed by atoms with Gasteiger partial charge in [0.15, 0.2) is 0 Å². The third kappa shape index (κ3) is 2.79. The maximum absolute atomic E-state index is 12.7. The summed E-state index contributed by atoms with van der Waals surface area (Å²) in [5, 5.41) is -0.356. The Hall–Kier alpha value is -1.50. The molecule has 2 N–H and O–H groups in total. The maximum Gasteiger partial charge on any atom is 0.417 e. The van der Waals surface area contributed by atoms with Crippen molar-refractivity contribution >= 4 is 23.3 Å². The quantitative estimate of drug-likeness (QED) is 0.833. The average molecular weight is 268 g/mol. The van der Waals surface area contributed by atoms with Crippen LogP contribution < -0.4 is 10.6 Å². The summed E-state index contributed by atoms with van der Waals surface area (Å²) in [6, 6.07) is 0.578. The van der Waals surface area contributed by atoms with E-state index in [1.807, 2.05) is 0 Å². The van der Waals surface area contributed by atoms with Crippen LogP contribution in [0, 0.1) is 0 Å². The highest BCUT2D eigenvalue weighted by atomic mass is 35.5. The average Bonchev–Trinajstić information content (AvgIpc) is 2.14. The van der Waals surface area contributed by atoms with E-state index in [-0.39, 0.29) is 11.0 Å². The van der Waals surface area contributed by atoms with E-state index < -0.39 is 23.2 Å². The SMILES string of the molecule is CN(C)c1nc(Cl)cc(C(F)(F)F)c1C(N)=O. The molecule has 0 spiro atoms. The fraction of sp³-hybridized carbons (Fsp3) is 0.333. The van der Waals surface area contributed by atoms with Gasteiger partial charge in [0, 0.05) is 14.1 Å². The molecule has 0 bridgehead atoms. The van der Waals surface area contributed by atoms with E-state index in [0.29, 0.717) is 6.07 Å². The summed E-state index contributed by atoms with van der Waals surface area (Å²) in [5.74, 6) is -1.41. The van der Waals surface area contributed by atoms with Gasteiger partial charge in [-0.3, -0.25) is 4.79 Å². The highest BCUT2D eigenvalue weighted by Gasteiger charge is 2.37. The van der Waals surface area contributed by atoms with Crippen molar-refractivity contribution in [2.45, 2.75) is 6.18 Å². The molecule has 4 nitrogen and oxygen atoms in total. The smallest absolute Gasteiger partial charge is 0.365 e. The van der Waals surface area contributed by atoms with Crippen molar-refractivity contribution in [2.24, 2.45) is 5.73 Å². The summed E-state index contributed by atoms with van der Waals surface area (Å²) in [5.41, 5.74) is 3.08. The van der Waals surface area contributed by atoms with Gasteiger partial charge in [-0.05, 0) is 6.07 Å². The van der Waals surface area contributed by atoms with Gasteiger partial charge in [0.1, 0.15) is 11.0 Å². The van der Waals surface area contributed by atoms with Crippen molar-refractivity contribution in [2.75, 3.05) is 19.0 Å². The lowest BCUT2D eigenvalue weighted by atomic mass is 10.1. The van der Waals surface area contributed by atoms with Crippen LogP contribution in [-0.2, 0) is 6.18 Å². The lowest BCUT2D eigenvalue weighted by Crippen LogP contribution is -2.25. The van der Waals surface area contributed by atoms with Gasteiger partial charge in [-0.1, -0.05) is 11.6 Å². The molecule has 0 radical (unpaired) electrons. The van der Waals surface area contributed by atoms with Gasteiger partial charge >= 0.3 is 6.18 Å². The number of nitrogens with zero attached hydrogens (tertiary/aromatic N) is 2. The van der Waals surface area contributed by atoms with Crippen molar-refractivity contribution in [3.63, 3.8) is 0 Å². The zero-order chi connectivity index (χ0) is 13.4. The molecule has 1 aromatic rings. The molecule has 1 heterocycles. The zero-order valence-corrected chi connectivity index (χ0v) is 9.73. The molecule has 0 saturated carbocycles. The number of hydrogen-bond acceptors (Lipinski definition) is 3. The number of carbonyl (C=O) groups is 1. The number of carbonyl (C=O) groups excluding carboxylic acids is 1. The Kier molecular flexibility index (Phi) is 3.51. The van der Waals surface area contributed by atoms with Crippen LogP contribution in [-0.4, -0.2) is 25.0 Å². The second-order valence-electron chi connectivity index (χ2n) is 3.45. The fourth-order valence-electron chi connectivity index (χ4n) is 1.29. The van der Waals surface area contributed by atoms with Crippen molar-refractivity contribution in [1.29, 1.82) is 0 Å². The third-order valence-corrected chi connectivity index (χ3v) is 2.14. The normalized spacial score (nSPS) is 11.4. The van der Waals surface area contributed by atoms with Crippen LogP contribution in [0.5, 0.6) is 0 Å². The summed E-state index contributed by atoms with van der Waals surface area (Å²) in [6.07, 6.45) is -4.72. The van der Waals surface area contributed by atoms with E-state index in [1.54, 1.807) is 0 Å². The van der Waals surface area contributed by atoms with Gasteiger partial charge < -0.3 is 10.6 Å². The predicted molar refractivity (Wildman–Crippen MR) is 57.1 cm³/mol. The molecule has 1 amide bonds. The molecule has 1 aromatic heterocycles. The van der Waals surface area contributed by atoms with Crippen LogP contribution >= 0.6 is 11.6 Å². The van der Waals surface area contributed by atoms with Crippen LogP contribution in [0.4, 0.5) is 19.0 Å². The first-order valence-corrected chi connectivity index (χ1v) is 4.77. The number of aromatic nitrogens is 1. The second-order valence-corrected chi connectivity index (χ2v) is 3.83. The molecule has 17 heavy (non-hydrogen) atoms. The van der Waals surface area contributed by atoms with Gasteiger partial charge in [0.05, 0.1) is 11.1 Å². The van der Waals surface area contributed by atoms with Gasteiger partial charge in [-0.15, -0.1) is 0 Å². The van der Waals surface area contributed by atoms with Crippen molar-refractivity contribution in [3.8, 4) is 0 Å². The molecule has 94 valence electrons. The first-order chi connectivity index (χ1) is 7.64. The Labute approximate surface area is 100 Å².